The second kappa shape index (κ2) is 9.03. The number of para-hydroxylation sites is 1. The van der Waals surface area contributed by atoms with Crippen LogP contribution in [0.4, 0.5) is 5.69 Å². The number of benzene rings is 2. The monoisotopic (exact) mass is 494 g/mol. The first-order valence-electron chi connectivity index (χ1n) is 9.56. The summed E-state index contributed by atoms with van der Waals surface area (Å²) in [6, 6.07) is 16.5. The number of carbonyl (C=O) groups is 1. The van der Waals surface area contributed by atoms with Crippen molar-refractivity contribution in [2.45, 2.75) is 19.0 Å². The van der Waals surface area contributed by atoms with E-state index in [2.05, 4.69) is 31.2 Å². The van der Waals surface area contributed by atoms with Crippen LogP contribution in [0.5, 0.6) is 0 Å². The van der Waals surface area contributed by atoms with E-state index in [4.69, 9.17) is 0 Å². The predicted molar refractivity (Wildman–Crippen MR) is 128 cm³/mol. The Balaban J connectivity index is 1.65. The first-order valence-corrected chi connectivity index (χ1v) is 11.3. The summed E-state index contributed by atoms with van der Waals surface area (Å²) in [5, 5.41) is 3.81. The zero-order valence-corrected chi connectivity index (χ0v) is 19.3. The number of anilines is 1. The van der Waals surface area contributed by atoms with Gasteiger partial charge in [-0.25, -0.2) is 14.5 Å². The lowest BCUT2D eigenvalue weighted by molar-refractivity contribution is -0.113. The van der Waals surface area contributed by atoms with E-state index in [-0.39, 0.29) is 17.2 Å². The average molecular weight is 495 g/mol. The lowest BCUT2D eigenvalue weighted by atomic mass is 10.2. The number of pyridine rings is 1. The van der Waals surface area contributed by atoms with Crippen LogP contribution in [-0.4, -0.2) is 26.2 Å². The van der Waals surface area contributed by atoms with Crippen molar-refractivity contribution in [3.05, 3.63) is 86.7 Å². The van der Waals surface area contributed by atoms with Gasteiger partial charge in [0.1, 0.15) is 5.82 Å². The van der Waals surface area contributed by atoms with Gasteiger partial charge in [-0.2, -0.15) is 0 Å². The highest BCUT2D eigenvalue weighted by Gasteiger charge is 2.15. The minimum Gasteiger partial charge on any atom is -0.325 e. The number of nitrogens with zero attached hydrogens (tertiary/aromatic N) is 3. The Bertz CT molecular complexity index is 1340. The van der Waals surface area contributed by atoms with Gasteiger partial charge in [-0.15, -0.1) is 0 Å². The number of hydrogen-bond acceptors (Lipinski definition) is 5. The smallest absolute Gasteiger partial charge is 0.267 e. The van der Waals surface area contributed by atoms with Gasteiger partial charge in [0.15, 0.2) is 5.16 Å². The van der Waals surface area contributed by atoms with Crippen molar-refractivity contribution < 1.29 is 4.79 Å². The summed E-state index contributed by atoms with van der Waals surface area (Å²) < 4.78 is 2.44. The fraction of sp³-hybridized carbons (Fsp3) is 0.130. The van der Waals surface area contributed by atoms with Crippen molar-refractivity contribution in [1.82, 2.24) is 14.5 Å². The Morgan fingerprint density at radius 2 is 1.94 bits per heavy atom. The second-order valence-electron chi connectivity index (χ2n) is 7.05. The second-order valence-corrected chi connectivity index (χ2v) is 8.84. The Kier molecular flexibility index (Phi) is 6.20. The largest absolute Gasteiger partial charge is 0.325 e. The fourth-order valence-electron chi connectivity index (χ4n) is 3.05. The number of nitrogens with one attached hydrogen (secondary N) is 1. The van der Waals surface area contributed by atoms with Gasteiger partial charge in [-0.3, -0.25) is 9.59 Å². The van der Waals surface area contributed by atoms with Crippen molar-refractivity contribution in [3.8, 4) is 5.82 Å². The van der Waals surface area contributed by atoms with Crippen molar-refractivity contribution in [3.63, 3.8) is 0 Å². The highest BCUT2D eigenvalue weighted by atomic mass is 79.9. The van der Waals surface area contributed by atoms with E-state index < -0.39 is 0 Å². The number of hydrogen-bond donors (Lipinski definition) is 1. The first-order chi connectivity index (χ1) is 14.9. The van der Waals surface area contributed by atoms with Crippen molar-refractivity contribution >= 4 is 50.2 Å². The third-order valence-electron chi connectivity index (χ3n) is 4.64. The molecule has 31 heavy (non-hydrogen) atoms. The van der Waals surface area contributed by atoms with Crippen LogP contribution in [0.3, 0.4) is 0 Å². The summed E-state index contributed by atoms with van der Waals surface area (Å²) >= 11 is 4.65. The maximum atomic E-state index is 13.2. The SMILES string of the molecule is Cc1ccc(-n2c(SCC(=O)Nc3ccc(Br)c(C)c3)nc3ccccc3c2=O)nc1. The van der Waals surface area contributed by atoms with Crippen molar-refractivity contribution in [2.75, 3.05) is 11.1 Å². The molecule has 0 aliphatic rings. The van der Waals surface area contributed by atoms with Crippen LogP contribution in [0.15, 0.2) is 75.2 Å². The molecule has 0 saturated carbocycles. The number of carbonyl (C=O) groups excluding carboxylic acids is 1. The van der Waals surface area contributed by atoms with Crippen LogP contribution in [0, 0.1) is 13.8 Å². The first kappa shape index (κ1) is 21.3. The minimum atomic E-state index is -0.214. The van der Waals surface area contributed by atoms with Crippen LogP contribution in [0.2, 0.25) is 0 Å². The molecule has 1 N–H and O–H groups in total. The molecule has 0 radical (unpaired) electrons. The lowest BCUT2D eigenvalue weighted by Crippen LogP contribution is -2.23. The fourth-order valence-corrected chi connectivity index (χ4v) is 4.10. The van der Waals surface area contributed by atoms with Gasteiger partial charge in [-0.1, -0.05) is 45.9 Å². The molecule has 8 heteroatoms. The van der Waals surface area contributed by atoms with Gasteiger partial charge < -0.3 is 5.32 Å². The number of rotatable bonds is 5. The van der Waals surface area contributed by atoms with Crippen LogP contribution < -0.4 is 10.9 Å². The number of aromatic nitrogens is 3. The summed E-state index contributed by atoms with van der Waals surface area (Å²) in [4.78, 5) is 34.8. The summed E-state index contributed by atoms with van der Waals surface area (Å²) in [6.45, 7) is 3.89. The molecule has 0 fully saturated rings. The van der Waals surface area contributed by atoms with E-state index in [9.17, 15) is 9.59 Å². The number of amides is 1. The Morgan fingerprint density at radius 3 is 2.68 bits per heavy atom. The summed E-state index contributed by atoms with van der Waals surface area (Å²) in [5.74, 6) is 0.393. The molecule has 6 nitrogen and oxygen atoms in total. The van der Waals surface area contributed by atoms with Crippen LogP contribution in [0.25, 0.3) is 16.7 Å². The van der Waals surface area contributed by atoms with Crippen molar-refractivity contribution in [2.24, 2.45) is 0 Å². The maximum Gasteiger partial charge on any atom is 0.267 e. The van der Waals surface area contributed by atoms with Gasteiger partial charge in [0.2, 0.25) is 5.91 Å². The van der Waals surface area contributed by atoms with Crippen molar-refractivity contribution in [1.29, 1.82) is 0 Å². The zero-order valence-electron chi connectivity index (χ0n) is 16.9. The molecule has 1 amide bonds. The van der Waals surface area contributed by atoms with Crippen LogP contribution >= 0.6 is 27.7 Å². The molecule has 2 heterocycles. The number of fused-ring (bicyclic) bond motifs is 1. The third-order valence-corrected chi connectivity index (χ3v) is 6.47. The molecular formula is C23H19BrN4O2S. The topological polar surface area (TPSA) is 76.9 Å². The summed E-state index contributed by atoms with van der Waals surface area (Å²) in [5.41, 5.74) is 3.11. The highest BCUT2D eigenvalue weighted by molar-refractivity contribution is 9.10. The van der Waals surface area contributed by atoms with E-state index in [0.717, 1.165) is 21.3 Å². The maximum absolute atomic E-state index is 13.2. The highest BCUT2D eigenvalue weighted by Crippen LogP contribution is 2.23. The molecule has 0 saturated heterocycles. The van der Waals surface area contributed by atoms with Crippen LogP contribution in [0.1, 0.15) is 11.1 Å². The molecule has 0 unspecified atom stereocenters. The van der Waals surface area contributed by atoms with Gasteiger partial charge in [0.05, 0.1) is 16.7 Å². The third kappa shape index (κ3) is 4.70. The predicted octanol–water partition coefficient (Wildman–Crippen LogP) is 4.89. The Morgan fingerprint density at radius 1 is 1.13 bits per heavy atom. The van der Waals surface area contributed by atoms with E-state index in [1.807, 2.05) is 44.2 Å². The summed E-state index contributed by atoms with van der Waals surface area (Å²) in [7, 11) is 0. The molecule has 0 aliphatic carbocycles. The molecule has 0 bridgehead atoms. The molecule has 2 aromatic heterocycles. The van der Waals surface area contributed by atoms with Gasteiger partial charge in [0, 0.05) is 16.4 Å². The Labute approximate surface area is 191 Å². The average Bonchev–Trinajstić information content (AvgIpc) is 2.76. The molecule has 156 valence electrons. The van der Waals surface area contributed by atoms with Gasteiger partial charge in [-0.05, 0) is 61.4 Å². The zero-order chi connectivity index (χ0) is 22.0. The molecular weight excluding hydrogens is 476 g/mol. The van der Waals surface area contributed by atoms with Gasteiger partial charge in [0.25, 0.3) is 5.56 Å². The molecule has 2 aromatic carbocycles. The Hall–Kier alpha value is -2.97. The summed E-state index contributed by atoms with van der Waals surface area (Å²) in [6.07, 6.45) is 1.70. The van der Waals surface area contributed by atoms with Crippen LogP contribution in [-0.2, 0) is 4.79 Å². The van der Waals surface area contributed by atoms with E-state index in [0.29, 0.717) is 21.9 Å². The molecule has 0 atom stereocenters. The van der Waals surface area contributed by atoms with Gasteiger partial charge >= 0.3 is 0 Å². The lowest BCUT2D eigenvalue weighted by Gasteiger charge is -2.13. The molecule has 4 aromatic rings. The van der Waals surface area contributed by atoms with E-state index in [1.54, 1.807) is 30.5 Å². The van der Waals surface area contributed by atoms with E-state index >= 15 is 0 Å². The number of halogens is 1. The molecule has 0 aliphatic heterocycles. The molecule has 4 rings (SSSR count). The van der Waals surface area contributed by atoms with E-state index in [1.165, 1.54) is 16.3 Å². The standard InChI is InChI=1S/C23H19BrN4O2S/c1-14-7-10-20(25-12-14)28-22(30)17-5-3-4-6-19(17)27-23(28)31-13-21(29)26-16-8-9-18(24)15(2)11-16/h3-12H,13H2,1-2H3,(H,26,29). The quantitative estimate of drug-likeness (QED) is 0.315. The minimum absolute atomic E-state index is 0.103. The molecule has 0 spiro atoms. The number of aryl methyl sites for hydroxylation is 2. The normalized spacial score (nSPS) is 10.9. The number of thioether (sulfide) groups is 1.